The third-order valence-electron chi connectivity index (χ3n) is 8.41. The number of hydrogen-bond acceptors (Lipinski definition) is 10. The second-order valence-electron chi connectivity index (χ2n) is 14.3. The summed E-state index contributed by atoms with van der Waals surface area (Å²) in [5, 5.41) is 22.5. The van der Waals surface area contributed by atoms with Crippen molar-refractivity contribution in [1.29, 1.82) is 0 Å². The van der Waals surface area contributed by atoms with Gasteiger partial charge in [0.1, 0.15) is 18.1 Å². The van der Waals surface area contributed by atoms with Crippen molar-refractivity contribution in [3.8, 4) is 0 Å². The van der Waals surface area contributed by atoms with Gasteiger partial charge in [0.15, 0.2) is 0 Å². The average molecular weight is 823 g/mol. The molecule has 0 aliphatic rings. The number of carboxylic acid groups (broad SMARTS) is 1. The van der Waals surface area contributed by atoms with Gasteiger partial charge >= 0.3 is 5.97 Å². The van der Waals surface area contributed by atoms with Gasteiger partial charge in [-0.05, 0) is 51.3 Å². The number of hydrogen-bond donors (Lipinski definition) is 7. The smallest absolute Gasteiger partial charge is 0.327 e. The Morgan fingerprint density at radius 3 is 1.65 bits per heavy atom. The highest BCUT2D eigenvalue weighted by Gasteiger charge is 2.40. The van der Waals surface area contributed by atoms with Crippen LogP contribution in [0.4, 0.5) is 0 Å². The number of aliphatic carboxylic acids is 1. The van der Waals surface area contributed by atoms with E-state index in [0.717, 1.165) is 28.5 Å². The molecule has 8 N–H and O–H groups in total. The van der Waals surface area contributed by atoms with Gasteiger partial charge in [-0.3, -0.25) is 24.0 Å². The largest absolute Gasteiger partial charge is 0.480 e. The molecule has 0 saturated carbocycles. The number of nitrogens with two attached hydrogens (primary N) is 1. The molecule has 0 aliphatic carbocycles. The maximum absolute atomic E-state index is 14.3. The lowest BCUT2D eigenvalue weighted by Gasteiger charge is -2.37. The van der Waals surface area contributed by atoms with Crippen LogP contribution in [-0.2, 0) is 38.3 Å². The fraction of sp³-hybridized carbons (Fsp3) is 0.415. The number of benzene rings is 3. The number of thioether (sulfide) groups is 2. The summed E-state index contributed by atoms with van der Waals surface area (Å²) in [5.41, 5.74) is 8.00. The predicted octanol–water partition coefficient (Wildman–Crippen LogP) is 2.74. The van der Waals surface area contributed by atoms with Gasteiger partial charge in [0.25, 0.3) is 0 Å². The summed E-state index contributed by atoms with van der Waals surface area (Å²) < 4.78 is 5.24. The van der Waals surface area contributed by atoms with Gasteiger partial charge in [0.2, 0.25) is 29.5 Å². The second-order valence-corrected chi connectivity index (χ2v) is 16.6. The summed E-state index contributed by atoms with van der Waals surface area (Å²) in [6.45, 7) is 9.15. The Balaban J connectivity index is 1.92. The molecule has 0 aromatic heterocycles. The molecule has 308 valence electrons. The van der Waals surface area contributed by atoms with E-state index in [9.17, 15) is 33.9 Å². The SMILES string of the molecule is CC(=O)NCSC[C@H](NC(=O)CNC(=O)[C@@H](NC(=O)[C@H](CSC(c1ccccc1)(c1ccccc1)c1ccccc1)NC(=O)[C@H](C)N)[C@@H](C)OC(C)(C)C)C(=O)O. The Kier molecular flexibility index (Phi) is 18.1. The van der Waals surface area contributed by atoms with Crippen LogP contribution in [0.1, 0.15) is 58.2 Å². The normalized spacial score (nSPS) is 14.2. The first kappa shape index (κ1) is 46.5. The molecule has 3 rings (SSSR count). The fourth-order valence-corrected chi connectivity index (χ4v) is 8.21. The van der Waals surface area contributed by atoms with Gasteiger partial charge in [-0.15, -0.1) is 23.5 Å². The maximum Gasteiger partial charge on any atom is 0.327 e. The van der Waals surface area contributed by atoms with E-state index < -0.39 is 76.8 Å². The molecule has 0 radical (unpaired) electrons. The first-order valence-electron chi connectivity index (χ1n) is 18.4. The molecule has 0 aliphatic heterocycles. The molecule has 0 spiro atoms. The number of ether oxygens (including phenoxy) is 1. The van der Waals surface area contributed by atoms with E-state index in [1.165, 1.54) is 25.6 Å². The quantitative estimate of drug-likeness (QED) is 0.0471. The molecule has 3 aromatic carbocycles. The molecular formula is C41H54N6O8S2. The Bertz CT molecular complexity index is 1700. The van der Waals surface area contributed by atoms with Crippen LogP contribution in [-0.4, -0.2) is 100 Å². The van der Waals surface area contributed by atoms with Crippen LogP contribution in [0.3, 0.4) is 0 Å². The zero-order valence-corrected chi connectivity index (χ0v) is 34.7. The Morgan fingerprint density at radius 2 is 1.21 bits per heavy atom. The van der Waals surface area contributed by atoms with Crippen molar-refractivity contribution in [2.24, 2.45) is 5.73 Å². The zero-order chi connectivity index (χ0) is 42.2. The average Bonchev–Trinajstić information content (AvgIpc) is 3.17. The van der Waals surface area contributed by atoms with Crippen molar-refractivity contribution < 1.29 is 38.6 Å². The standard InChI is InChI=1S/C41H54N6O8S2/c1-26(42)36(50)46-32(24-57-41(29-16-10-7-11-17-29,30-18-12-8-13-19-30)31-20-14-9-15-21-31)37(51)47-35(27(2)55-40(4,5)6)38(52)43-22-34(49)45-33(39(53)54)23-56-25-44-28(3)48/h7-21,26-27,32-33,35H,22-25,42H2,1-6H3,(H,43,52)(H,44,48)(H,45,49)(H,46,50)(H,47,51)(H,53,54)/t26-,27+,32-,33-,35-/m0/s1. The Hall–Kier alpha value is -4.90. The van der Waals surface area contributed by atoms with Gasteiger partial charge in [-0.2, -0.15) is 0 Å². The van der Waals surface area contributed by atoms with Crippen molar-refractivity contribution in [1.82, 2.24) is 26.6 Å². The summed E-state index contributed by atoms with van der Waals surface area (Å²) in [7, 11) is 0. The number of nitrogens with one attached hydrogen (secondary N) is 5. The molecule has 0 saturated heterocycles. The Morgan fingerprint density at radius 1 is 0.702 bits per heavy atom. The first-order valence-corrected chi connectivity index (χ1v) is 20.5. The number of carbonyl (C=O) groups is 6. The molecule has 3 aromatic rings. The van der Waals surface area contributed by atoms with Crippen molar-refractivity contribution in [3.63, 3.8) is 0 Å². The van der Waals surface area contributed by atoms with Gasteiger partial charge in [0.05, 0.1) is 34.9 Å². The Labute approximate surface area is 342 Å². The van der Waals surface area contributed by atoms with E-state index in [-0.39, 0.29) is 23.3 Å². The fourth-order valence-electron chi connectivity index (χ4n) is 5.77. The highest BCUT2D eigenvalue weighted by Crippen LogP contribution is 2.48. The van der Waals surface area contributed by atoms with Gasteiger partial charge in [-0.25, -0.2) is 4.79 Å². The van der Waals surface area contributed by atoms with Crippen LogP contribution >= 0.6 is 23.5 Å². The molecule has 5 atom stereocenters. The van der Waals surface area contributed by atoms with Crippen LogP contribution in [0.5, 0.6) is 0 Å². The van der Waals surface area contributed by atoms with Crippen molar-refractivity contribution in [3.05, 3.63) is 108 Å². The molecule has 14 nitrogen and oxygen atoms in total. The summed E-state index contributed by atoms with van der Waals surface area (Å²) in [6.07, 6.45) is -0.927. The van der Waals surface area contributed by atoms with E-state index in [4.69, 9.17) is 10.5 Å². The topological polar surface area (TPSA) is 218 Å². The lowest BCUT2D eigenvalue weighted by Crippen LogP contribution is -2.60. The minimum Gasteiger partial charge on any atom is -0.480 e. The van der Waals surface area contributed by atoms with Crippen LogP contribution in [0.25, 0.3) is 0 Å². The summed E-state index contributed by atoms with van der Waals surface area (Å²) in [4.78, 5) is 77.0. The van der Waals surface area contributed by atoms with Gasteiger partial charge in [0, 0.05) is 18.4 Å². The molecule has 0 bridgehead atoms. The van der Waals surface area contributed by atoms with Gasteiger partial charge in [-0.1, -0.05) is 91.0 Å². The minimum absolute atomic E-state index is 0.0325. The third kappa shape index (κ3) is 14.5. The lowest BCUT2D eigenvalue weighted by molar-refractivity contribution is -0.141. The van der Waals surface area contributed by atoms with E-state index in [0.29, 0.717) is 0 Å². The van der Waals surface area contributed by atoms with E-state index in [1.54, 1.807) is 27.7 Å². The maximum atomic E-state index is 14.3. The molecule has 57 heavy (non-hydrogen) atoms. The molecule has 0 fully saturated rings. The van der Waals surface area contributed by atoms with E-state index in [1.807, 2.05) is 91.0 Å². The first-order chi connectivity index (χ1) is 26.9. The number of carbonyl (C=O) groups excluding carboxylic acids is 5. The number of amides is 5. The summed E-state index contributed by atoms with van der Waals surface area (Å²) in [6, 6.07) is 24.6. The van der Waals surface area contributed by atoms with E-state index >= 15 is 0 Å². The number of carboxylic acids is 1. The van der Waals surface area contributed by atoms with Crippen LogP contribution in [0.2, 0.25) is 0 Å². The van der Waals surface area contributed by atoms with Gasteiger partial charge < -0.3 is 42.2 Å². The van der Waals surface area contributed by atoms with Crippen molar-refractivity contribution >= 4 is 59.0 Å². The van der Waals surface area contributed by atoms with Crippen LogP contribution < -0.4 is 32.3 Å². The molecule has 5 amide bonds. The van der Waals surface area contributed by atoms with Crippen molar-refractivity contribution in [2.45, 2.75) is 82.2 Å². The number of rotatable bonds is 21. The van der Waals surface area contributed by atoms with Crippen molar-refractivity contribution in [2.75, 3.05) is 23.9 Å². The molecule has 0 unspecified atom stereocenters. The third-order valence-corrected chi connectivity index (χ3v) is 11.0. The lowest BCUT2D eigenvalue weighted by atomic mass is 9.84. The highest BCUT2D eigenvalue weighted by atomic mass is 32.2. The molecule has 0 heterocycles. The predicted molar refractivity (Wildman–Crippen MR) is 223 cm³/mol. The van der Waals surface area contributed by atoms with E-state index in [2.05, 4.69) is 26.6 Å². The second kappa shape index (κ2) is 22.1. The molecule has 16 heteroatoms. The summed E-state index contributed by atoms with van der Waals surface area (Å²) >= 11 is 2.53. The van der Waals surface area contributed by atoms with Crippen LogP contribution in [0, 0.1) is 0 Å². The minimum atomic E-state index is -1.35. The molecular weight excluding hydrogens is 769 g/mol. The monoisotopic (exact) mass is 822 g/mol. The zero-order valence-electron chi connectivity index (χ0n) is 33.1. The highest BCUT2D eigenvalue weighted by molar-refractivity contribution is 8.00. The summed E-state index contributed by atoms with van der Waals surface area (Å²) in [5.74, 6) is -4.29. The van der Waals surface area contributed by atoms with Crippen LogP contribution in [0.15, 0.2) is 91.0 Å².